The molecule has 1 aromatic carbocycles. The van der Waals surface area contributed by atoms with Crippen molar-refractivity contribution in [3.63, 3.8) is 0 Å². The molecule has 1 N–H and O–H groups in total. The van der Waals surface area contributed by atoms with Crippen LogP contribution in [0.5, 0.6) is 5.75 Å². The summed E-state index contributed by atoms with van der Waals surface area (Å²) in [6.45, 7) is 5.39. The lowest BCUT2D eigenvalue weighted by Gasteiger charge is -2.51. The second kappa shape index (κ2) is 5.25. The Hall–Kier alpha value is -0.590. The summed E-state index contributed by atoms with van der Waals surface area (Å²) in [5, 5.41) is 9.69. The SMILES string of the molecule is COc1ccc(Br)cc1S(=O)(=O)[C@H]1C[C@](C)(C(C)(C)O)C1. The van der Waals surface area contributed by atoms with Crippen molar-refractivity contribution in [3.8, 4) is 5.75 Å². The maximum Gasteiger partial charge on any atom is 0.184 e. The first kappa shape index (κ1) is 16.8. The number of benzene rings is 1. The first-order valence-corrected chi connectivity index (χ1v) is 9.15. The quantitative estimate of drug-likeness (QED) is 0.876. The number of hydrogen-bond donors (Lipinski definition) is 1. The van der Waals surface area contributed by atoms with Crippen molar-refractivity contribution in [3.05, 3.63) is 22.7 Å². The van der Waals surface area contributed by atoms with Crippen LogP contribution in [0.3, 0.4) is 0 Å². The Kier molecular flexibility index (Phi) is 4.19. The molecule has 21 heavy (non-hydrogen) atoms. The van der Waals surface area contributed by atoms with Gasteiger partial charge in [-0.3, -0.25) is 0 Å². The van der Waals surface area contributed by atoms with Crippen molar-refractivity contribution in [2.75, 3.05) is 7.11 Å². The number of rotatable bonds is 4. The van der Waals surface area contributed by atoms with Gasteiger partial charge in [-0.1, -0.05) is 22.9 Å². The minimum absolute atomic E-state index is 0.210. The third-order valence-corrected chi connectivity index (χ3v) is 7.34. The average molecular weight is 377 g/mol. The molecule has 1 aliphatic rings. The molecule has 4 nitrogen and oxygen atoms in total. The topological polar surface area (TPSA) is 63.6 Å². The van der Waals surface area contributed by atoms with Gasteiger partial charge in [0.1, 0.15) is 10.6 Å². The van der Waals surface area contributed by atoms with E-state index in [0.29, 0.717) is 23.1 Å². The zero-order valence-corrected chi connectivity index (χ0v) is 15.1. The second-order valence-electron chi connectivity index (χ2n) is 6.49. The van der Waals surface area contributed by atoms with E-state index in [-0.39, 0.29) is 10.3 Å². The van der Waals surface area contributed by atoms with E-state index in [4.69, 9.17) is 4.74 Å². The van der Waals surface area contributed by atoms with Crippen LogP contribution in [-0.2, 0) is 9.84 Å². The predicted molar refractivity (Wildman–Crippen MR) is 85.3 cm³/mol. The smallest absolute Gasteiger partial charge is 0.184 e. The fraction of sp³-hybridized carbons (Fsp3) is 0.600. The molecule has 0 spiro atoms. The monoisotopic (exact) mass is 376 g/mol. The minimum atomic E-state index is -3.46. The van der Waals surface area contributed by atoms with Crippen molar-refractivity contribution in [2.45, 2.75) is 49.4 Å². The van der Waals surface area contributed by atoms with E-state index in [0.717, 1.165) is 0 Å². The summed E-state index contributed by atoms with van der Waals surface area (Å²) in [6, 6.07) is 4.97. The molecule has 1 aromatic rings. The molecule has 1 fully saturated rings. The summed E-state index contributed by atoms with van der Waals surface area (Å²) in [6.07, 6.45) is 0.906. The molecular weight excluding hydrogens is 356 g/mol. The number of ether oxygens (including phenoxy) is 1. The Morgan fingerprint density at radius 3 is 2.43 bits per heavy atom. The van der Waals surface area contributed by atoms with Gasteiger partial charge < -0.3 is 9.84 Å². The summed E-state index contributed by atoms with van der Waals surface area (Å²) >= 11 is 3.30. The highest BCUT2D eigenvalue weighted by molar-refractivity contribution is 9.10. The Bertz CT molecular complexity index is 640. The van der Waals surface area contributed by atoms with Crippen LogP contribution < -0.4 is 4.74 Å². The number of hydrogen-bond acceptors (Lipinski definition) is 4. The van der Waals surface area contributed by atoms with Gasteiger partial charge in [0.2, 0.25) is 0 Å². The minimum Gasteiger partial charge on any atom is -0.495 e. The van der Waals surface area contributed by atoms with Gasteiger partial charge >= 0.3 is 0 Å². The molecule has 0 bridgehead atoms. The average Bonchev–Trinajstić information content (AvgIpc) is 2.33. The molecule has 0 unspecified atom stereocenters. The van der Waals surface area contributed by atoms with E-state index in [9.17, 15) is 13.5 Å². The van der Waals surface area contributed by atoms with Crippen molar-refractivity contribution in [2.24, 2.45) is 5.41 Å². The van der Waals surface area contributed by atoms with Gasteiger partial charge in [-0.05, 0) is 50.3 Å². The predicted octanol–water partition coefficient (Wildman–Crippen LogP) is 3.17. The molecular formula is C15H21BrO4S. The summed E-state index contributed by atoms with van der Waals surface area (Å²) in [5.41, 5.74) is -1.26. The zero-order valence-electron chi connectivity index (χ0n) is 12.7. The molecule has 0 atom stereocenters. The van der Waals surface area contributed by atoms with E-state index in [1.807, 2.05) is 6.92 Å². The van der Waals surface area contributed by atoms with Crippen LogP contribution in [-0.4, -0.2) is 31.5 Å². The molecule has 6 heteroatoms. The third kappa shape index (κ3) is 2.85. The fourth-order valence-corrected chi connectivity index (χ4v) is 5.49. The van der Waals surface area contributed by atoms with Gasteiger partial charge in [-0.25, -0.2) is 8.42 Å². The van der Waals surface area contributed by atoms with Crippen LogP contribution in [0.4, 0.5) is 0 Å². The van der Waals surface area contributed by atoms with Gasteiger partial charge in [0.05, 0.1) is 18.0 Å². The lowest BCUT2D eigenvalue weighted by molar-refractivity contribution is -0.0881. The maximum absolute atomic E-state index is 12.8. The van der Waals surface area contributed by atoms with Gasteiger partial charge in [0.25, 0.3) is 0 Å². The summed E-state index contributed by atoms with van der Waals surface area (Å²) in [4.78, 5) is 0.210. The molecule has 0 heterocycles. The molecule has 2 rings (SSSR count). The van der Waals surface area contributed by atoms with Gasteiger partial charge in [-0.2, -0.15) is 0 Å². The van der Waals surface area contributed by atoms with Crippen molar-refractivity contribution in [1.29, 1.82) is 0 Å². The Balaban J connectivity index is 2.32. The standard InChI is InChI=1S/C15H21BrO4S/c1-14(2,17)15(3)8-11(9-15)21(18,19)13-7-10(16)5-6-12(13)20-4/h5-7,11,17H,8-9H2,1-4H3/t11-,15-. The first-order valence-electron chi connectivity index (χ1n) is 6.81. The highest BCUT2D eigenvalue weighted by Gasteiger charge is 2.54. The van der Waals surface area contributed by atoms with Gasteiger partial charge in [-0.15, -0.1) is 0 Å². The number of sulfone groups is 1. The molecule has 0 radical (unpaired) electrons. The molecule has 0 saturated heterocycles. The Morgan fingerprint density at radius 2 is 1.95 bits per heavy atom. The van der Waals surface area contributed by atoms with E-state index >= 15 is 0 Å². The molecule has 0 aliphatic heterocycles. The summed E-state index contributed by atoms with van der Waals surface area (Å²) in [5.74, 6) is 0.357. The van der Waals surface area contributed by atoms with Crippen LogP contribution in [0.2, 0.25) is 0 Å². The van der Waals surface area contributed by atoms with Crippen LogP contribution in [0.15, 0.2) is 27.6 Å². The van der Waals surface area contributed by atoms with Crippen molar-refractivity contribution in [1.82, 2.24) is 0 Å². The van der Waals surface area contributed by atoms with E-state index in [1.165, 1.54) is 7.11 Å². The van der Waals surface area contributed by atoms with E-state index in [2.05, 4.69) is 15.9 Å². The number of aliphatic hydroxyl groups is 1. The second-order valence-corrected chi connectivity index (χ2v) is 9.60. The van der Waals surface area contributed by atoms with Crippen LogP contribution in [0.1, 0.15) is 33.6 Å². The van der Waals surface area contributed by atoms with Crippen molar-refractivity contribution >= 4 is 25.8 Å². The fourth-order valence-electron chi connectivity index (χ4n) is 2.72. The summed E-state index contributed by atoms with van der Waals surface area (Å²) in [7, 11) is -2.00. The maximum atomic E-state index is 12.8. The molecule has 118 valence electrons. The van der Waals surface area contributed by atoms with Gasteiger partial charge in [0.15, 0.2) is 9.84 Å². The van der Waals surface area contributed by atoms with Crippen LogP contribution in [0, 0.1) is 5.41 Å². The van der Waals surface area contributed by atoms with E-state index < -0.39 is 20.7 Å². The number of halogens is 1. The molecule has 0 amide bonds. The molecule has 1 saturated carbocycles. The first-order chi connectivity index (χ1) is 9.51. The van der Waals surface area contributed by atoms with Gasteiger partial charge in [0, 0.05) is 4.47 Å². The normalized spacial score (nSPS) is 26.3. The third-order valence-electron chi connectivity index (χ3n) is 4.70. The molecule has 0 aromatic heterocycles. The van der Waals surface area contributed by atoms with Crippen LogP contribution in [0.25, 0.3) is 0 Å². The number of methoxy groups -OCH3 is 1. The lowest BCUT2D eigenvalue weighted by Crippen LogP contribution is -2.54. The Labute approximate surface area is 134 Å². The van der Waals surface area contributed by atoms with Crippen molar-refractivity contribution < 1.29 is 18.3 Å². The molecule has 1 aliphatic carbocycles. The highest BCUT2D eigenvalue weighted by atomic mass is 79.9. The zero-order chi connectivity index (χ0) is 16.1. The van der Waals surface area contributed by atoms with Crippen LogP contribution >= 0.6 is 15.9 Å². The summed E-state index contributed by atoms with van der Waals surface area (Å²) < 4.78 is 31.4. The lowest BCUT2D eigenvalue weighted by atomic mass is 9.61. The van der Waals surface area contributed by atoms with E-state index in [1.54, 1.807) is 32.0 Å². The highest BCUT2D eigenvalue weighted by Crippen LogP contribution is 2.53. The Morgan fingerprint density at radius 1 is 1.38 bits per heavy atom. The largest absolute Gasteiger partial charge is 0.495 e.